The third-order valence-corrected chi connectivity index (χ3v) is 2.77. The Kier molecular flexibility index (Phi) is 5.61. The number of methoxy groups -OCH3 is 1. The number of amides is 1. The van der Waals surface area contributed by atoms with E-state index < -0.39 is 0 Å². The smallest absolute Gasteiger partial charge is 0.253 e. The number of nitrogen functional groups attached to an aromatic ring is 1. The van der Waals surface area contributed by atoms with Gasteiger partial charge in [-0.2, -0.15) is 0 Å². The number of ether oxygens (including phenoxy) is 1. The summed E-state index contributed by atoms with van der Waals surface area (Å²) in [6, 6.07) is 5.51. The first kappa shape index (κ1) is 14.5. The van der Waals surface area contributed by atoms with Crippen LogP contribution in [0.4, 0.5) is 5.69 Å². The summed E-state index contributed by atoms with van der Waals surface area (Å²) in [5.41, 5.74) is 4.71. The van der Waals surface area contributed by atoms with Crippen molar-refractivity contribution in [3.63, 3.8) is 0 Å². The highest BCUT2D eigenvalue weighted by Crippen LogP contribution is 2.16. The number of rotatable bonds is 6. The molecule has 0 heterocycles. The molecule has 1 aromatic rings. The lowest BCUT2D eigenvalue weighted by Gasteiger charge is -2.17. The molecule has 5 heteroatoms. The molecule has 0 aliphatic rings. The first-order chi connectivity index (χ1) is 8.62. The van der Waals surface area contributed by atoms with E-state index in [2.05, 4.69) is 10.7 Å². The third kappa shape index (κ3) is 3.72. The summed E-state index contributed by atoms with van der Waals surface area (Å²) in [7, 11) is 1.62. The largest absolute Gasteiger partial charge is 0.383 e. The van der Waals surface area contributed by atoms with Gasteiger partial charge in [0.15, 0.2) is 0 Å². The monoisotopic (exact) mass is 251 g/mol. The van der Waals surface area contributed by atoms with Crippen LogP contribution >= 0.6 is 0 Å². The van der Waals surface area contributed by atoms with Gasteiger partial charge < -0.3 is 15.5 Å². The summed E-state index contributed by atoms with van der Waals surface area (Å²) < 4.78 is 5.06. The second-order valence-electron chi connectivity index (χ2n) is 4.23. The van der Waals surface area contributed by atoms with E-state index in [1.54, 1.807) is 13.2 Å². The zero-order valence-electron chi connectivity index (χ0n) is 11.1. The lowest BCUT2D eigenvalue weighted by molar-refractivity contribution is 0.0895. The molecule has 100 valence electrons. The van der Waals surface area contributed by atoms with E-state index in [-0.39, 0.29) is 11.9 Å². The van der Waals surface area contributed by atoms with Crippen molar-refractivity contribution in [2.75, 3.05) is 19.1 Å². The Morgan fingerprint density at radius 3 is 2.78 bits per heavy atom. The number of nitrogens with two attached hydrogens (primary N) is 1. The molecule has 0 spiro atoms. The number of aryl methyl sites for hydroxylation is 1. The average Bonchev–Trinajstić information content (AvgIpc) is 2.38. The second kappa shape index (κ2) is 6.98. The van der Waals surface area contributed by atoms with Crippen LogP contribution < -0.4 is 16.6 Å². The normalized spacial score (nSPS) is 12.0. The average molecular weight is 251 g/mol. The highest BCUT2D eigenvalue weighted by Gasteiger charge is 2.15. The molecule has 0 saturated heterocycles. The zero-order chi connectivity index (χ0) is 13.5. The van der Waals surface area contributed by atoms with Crippen molar-refractivity contribution in [3.8, 4) is 0 Å². The Bertz CT molecular complexity index is 407. The van der Waals surface area contributed by atoms with Gasteiger partial charge in [0, 0.05) is 7.11 Å². The van der Waals surface area contributed by atoms with Crippen molar-refractivity contribution in [2.45, 2.75) is 26.3 Å². The predicted molar refractivity (Wildman–Crippen MR) is 72.4 cm³/mol. The fourth-order valence-electron chi connectivity index (χ4n) is 1.70. The predicted octanol–water partition coefficient (Wildman–Crippen LogP) is 1.44. The van der Waals surface area contributed by atoms with Gasteiger partial charge in [0.1, 0.15) is 0 Å². The molecular formula is C13H21N3O2. The highest BCUT2D eigenvalue weighted by atomic mass is 16.5. The summed E-state index contributed by atoms with van der Waals surface area (Å²) in [6.07, 6.45) is 0.816. The first-order valence-corrected chi connectivity index (χ1v) is 5.99. The molecule has 5 nitrogen and oxygen atoms in total. The minimum absolute atomic E-state index is 0.00800. The van der Waals surface area contributed by atoms with E-state index in [1.807, 2.05) is 26.0 Å². The molecule has 0 aliphatic carbocycles. The maximum absolute atomic E-state index is 12.2. The molecule has 0 aromatic heterocycles. The van der Waals surface area contributed by atoms with E-state index in [4.69, 9.17) is 10.6 Å². The maximum atomic E-state index is 12.2. The van der Waals surface area contributed by atoms with Crippen molar-refractivity contribution in [3.05, 3.63) is 29.3 Å². The number of hydrogen-bond donors (Lipinski definition) is 3. The Morgan fingerprint density at radius 2 is 2.22 bits per heavy atom. The van der Waals surface area contributed by atoms with Crippen molar-refractivity contribution in [2.24, 2.45) is 5.84 Å². The summed E-state index contributed by atoms with van der Waals surface area (Å²) >= 11 is 0. The van der Waals surface area contributed by atoms with Gasteiger partial charge in [-0.25, -0.2) is 0 Å². The van der Waals surface area contributed by atoms with Crippen LogP contribution in [0.5, 0.6) is 0 Å². The zero-order valence-corrected chi connectivity index (χ0v) is 11.1. The molecule has 1 rings (SSSR count). The van der Waals surface area contributed by atoms with Crippen LogP contribution in [0.15, 0.2) is 18.2 Å². The highest BCUT2D eigenvalue weighted by molar-refractivity contribution is 5.99. The number of anilines is 1. The lowest BCUT2D eigenvalue weighted by Crippen LogP contribution is -2.38. The Balaban J connectivity index is 2.85. The van der Waals surface area contributed by atoms with Crippen LogP contribution in [-0.2, 0) is 4.74 Å². The summed E-state index contributed by atoms with van der Waals surface area (Å²) in [5, 5.41) is 2.93. The van der Waals surface area contributed by atoms with Crippen molar-refractivity contribution >= 4 is 11.6 Å². The topological polar surface area (TPSA) is 76.4 Å². The molecule has 1 atom stereocenters. The molecule has 0 fully saturated rings. The molecule has 1 amide bonds. The van der Waals surface area contributed by atoms with Crippen LogP contribution in [0.1, 0.15) is 29.3 Å². The quantitative estimate of drug-likeness (QED) is 0.528. The fourth-order valence-corrected chi connectivity index (χ4v) is 1.70. The molecule has 1 aromatic carbocycles. The van der Waals surface area contributed by atoms with Crippen molar-refractivity contribution in [1.29, 1.82) is 0 Å². The summed E-state index contributed by atoms with van der Waals surface area (Å²) in [4.78, 5) is 12.2. The standard InChI is InChI=1S/C13H21N3O2/c1-4-10(8-18-3)15-13(17)11-7-9(2)5-6-12(11)16-14/h5-7,10,16H,4,8,14H2,1-3H3,(H,15,17). The van der Waals surface area contributed by atoms with Crippen LogP contribution in [-0.4, -0.2) is 25.7 Å². The number of hydrogen-bond acceptors (Lipinski definition) is 4. The Morgan fingerprint density at radius 1 is 1.50 bits per heavy atom. The van der Waals surface area contributed by atoms with E-state index in [0.29, 0.717) is 17.9 Å². The molecule has 18 heavy (non-hydrogen) atoms. The molecule has 1 unspecified atom stereocenters. The van der Waals surface area contributed by atoms with E-state index in [1.165, 1.54) is 0 Å². The van der Waals surface area contributed by atoms with Crippen molar-refractivity contribution < 1.29 is 9.53 Å². The number of carbonyl (C=O) groups excluding carboxylic acids is 1. The lowest BCUT2D eigenvalue weighted by atomic mass is 10.1. The van der Waals surface area contributed by atoms with Gasteiger partial charge in [-0.1, -0.05) is 18.6 Å². The van der Waals surface area contributed by atoms with Crippen LogP contribution in [0.3, 0.4) is 0 Å². The van der Waals surface area contributed by atoms with Crippen LogP contribution in [0, 0.1) is 6.92 Å². The molecule has 4 N–H and O–H groups in total. The number of carbonyl (C=O) groups is 1. The number of hydrazine groups is 1. The van der Waals surface area contributed by atoms with E-state index in [0.717, 1.165) is 12.0 Å². The fraction of sp³-hybridized carbons (Fsp3) is 0.462. The van der Waals surface area contributed by atoms with Crippen LogP contribution in [0.25, 0.3) is 0 Å². The minimum Gasteiger partial charge on any atom is -0.383 e. The summed E-state index contributed by atoms with van der Waals surface area (Å²) in [5.74, 6) is 5.26. The van der Waals surface area contributed by atoms with Gasteiger partial charge >= 0.3 is 0 Å². The van der Waals surface area contributed by atoms with Gasteiger partial charge in [-0.3, -0.25) is 10.6 Å². The molecule has 0 aliphatic heterocycles. The first-order valence-electron chi connectivity index (χ1n) is 5.99. The van der Waals surface area contributed by atoms with E-state index in [9.17, 15) is 4.79 Å². The number of nitrogens with one attached hydrogen (secondary N) is 2. The van der Waals surface area contributed by atoms with Gasteiger partial charge in [0.25, 0.3) is 5.91 Å². The maximum Gasteiger partial charge on any atom is 0.253 e. The van der Waals surface area contributed by atoms with Gasteiger partial charge in [0.2, 0.25) is 0 Å². The van der Waals surface area contributed by atoms with Gasteiger partial charge in [0.05, 0.1) is 23.9 Å². The van der Waals surface area contributed by atoms with Crippen LogP contribution in [0.2, 0.25) is 0 Å². The van der Waals surface area contributed by atoms with Gasteiger partial charge in [-0.15, -0.1) is 0 Å². The third-order valence-electron chi connectivity index (χ3n) is 2.77. The van der Waals surface area contributed by atoms with E-state index >= 15 is 0 Å². The second-order valence-corrected chi connectivity index (χ2v) is 4.23. The molecule has 0 saturated carbocycles. The van der Waals surface area contributed by atoms with Gasteiger partial charge in [-0.05, 0) is 25.5 Å². The Hall–Kier alpha value is -1.59. The molecule has 0 bridgehead atoms. The minimum atomic E-state index is -0.143. The van der Waals surface area contributed by atoms with Crippen molar-refractivity contribution in [1.82, 2.24) is 5.32 Å². The number of benzene rings is 1. The molecular weight excluding hydrogens is 230 g/mol. The SMILES string of the molecule is CCC(COC)NC(=O)c1cc(C)ccc1NN. The summed E-state index contributed by atoms with van der Waals surface area (Å²) in [6.45, 7) is 4.44. The molecule has 0 radical (unpaired) electrons. The Labute approximate surface area is 108 Å².